The molecule has 0 unspecified atom stereocenters. The normalized spacial score (nSPS) is 10.4. The van der Waals surface area contributed by atoms with Crippen LogP contribution in [0.2, 0.25) is 0 Å². The Morgan fingerprint density at radius 1 is 1.33 bits per heavy atom. The van der Waals surface area contributed by atoms with Gasteiger partial charge in [-0.2, -0.15) is 5.10 Å². The van der Waals surface area contributed by atoms with Crippen molar-refractivity contribution in [1.82, 2.24) is 20.5 Å². The minimum Gasteiger partial charge on any atom is -0.475 e. The van der Waals surface area contributed by atoms with Crippen LogP contribution < -0.4 is 15.6 Å². The van der Waals surface area contributed by atoms with E-state index in [0.717, 1.165) is 5.56 Å². The molecular weight excluding hydrogens is 272 g/mol. The molecule has 0 saturated carbocycles. The molecule has 0 aromatic carbocycles. The average Bonchev–Trinajstić information content (AvgIpc) is 2.46. The van der Waals surface area contributed by atoms with E-state index >= 15 is 0 Å². The topological polar surface area (TPSA) is 97.0 Å². The number of hydrogen-bond acceptors (Lipinski definition) is 5. The number of nitrogens with zero attached hydrogens (tertiary/aromatic N) is 2. The van der Waals surface area contributed by atoms with Crippen molar-refractivity contribution in [3.63, 3.8) is 0 Å². The van der Waals surface area contributed by atoms with Crippen molar-refractivity contribution in [3.8, 4) is 5.88 Å². The zero-order valence-electron chi connectivity index (χ0n) is 11.8. The number of carbonyl (C=O) groups is 1. The highest BCUT2D eigenvalue weighted by atomic mass is 16.5. The summed E-state index contributed by atoms with van der Waals surface area (Å²) in [6.45, 7) is 4.16. The van der Waals surface area contributed by atoms with Gasteiger partial charge in [0, 0.05) is 24.9 Å². The van der Waals surface area contributed by atoms with Crippen molar-refractivity contribution in [2.75, 3.05) is 0 Å². The maximum absolute atomic E-state index is 11.8. The lowest BCUT2D eigenvalue weighted by atomic mass is 10.2. The third-order valence-corrected chi connectivity index (χ3v) is 2.52. The highest BCUT2D eigenvalue weighted by Gasteiger charge is 2.07. The Morgan fingerprint density at radius 2 is 2.14 bits per heavy atom. The molecule has 0 radical (unpaired) electrons. The van der Waals surface area contributed by atoms with Crippen LogP contribution in [0.5, 0.6) is 5.88 Å². The van der Waals surface area contributed by atoms with Crippen LogP contribution in [0.3, 0.4) is 0 Å². The molecule has 0 fully saturated rings. The number of aromatic amines is 1. The van der Waals surface area contributed by atoms with Crippen molar-refractivity contribution in [2.24, 2.45) is 0 Å². The lowest BCUT2D eigenvalue weighted by molar-refractivity contribution is 0.0945. The van der Waals surface area contributed by atoms with Crippen molar-refractivity contribution in [1.29, 1.82) is 0 Å². The quantitative estimate of drug-likeness (QED) is 0.851. The van der Waals surface area contributed by atoms with Gasteiger partial charge >= 0.3 is 0 Å². The summed E-state index contributed by atoms with van der Waals surface area (Å²) in [5.74, 6) is 0.177. The largest absolute Gasteiger partial charge is 0.475 e. The first-order chi connectivity index (χ1) is 10.0. The number of pyridine rings is 1. The number of nitrogens with one attached hydrogen (secondary N) is 2. The molecule has 7 heteroatoms. The van der Waals surface area contributed by atoms with Crippen LogP contribution in [-0.4, -0.2) is 27.2 Å². The van der Waals surface area contributed by atoms with Gasteiger partial charge in [0.15, 0.2) is 0 Å². The molecule has 2 N–H and O–H groups in total. The van der Waals surface area contributed by atoms with Crippen LogP contribution in [0.4, 0.5) is 0 Å². The number of aromatic nitrogens is 3. The fraction of sp³-hybridized carbons (Fsp3) is 0.286. The van der Waals surface area contributed by atoms with Crippen LogP contribution in [0, 0.1) is 0 Å². The summed E-state index contributed by atoms with van der Waals surface area (Å²) in [6.07, 6.45) is 1.70. The molecule has 0 saturated heterocycles. The van der Waals surface area contributed by atoms with Crippen molar-refractivity contribution in [3.05, 3.63) is 52.1 Å². The molecule has 0 aliphatic heterocycles. The number of ether oxygens (including phenoxy) is 1. The van der Waals surface area contributed by atoms with Gasteiger partial charge in [0.2, 0.25) is 5.88 Å². The minimum atomic E-state index is -0.367. The molecule has 0 aliphatic carbocycles. The predicted octanol–water partition coefficient (Wildman–Crippen LogP) is 0.882. The highest BCUT2D eigenvalue weighted by Crippen LogP contribution is 2.09. The molecule has 2 aromatic rings. The minimum absolute atomic E-state index is 0.0642. The molecule has 0 aliphatic rings. The molecule has 1 amide bonds. The Kier molecular flexibility index (Phi) is 4.65. The number of H-pyrrole nitrogens is 1. The van der Waals surface area contributed by atoms with Crippen LogP contribution >= 0.6 is 0 Å². The summed E-state index contributed by atoms with van der Waals surface area (Å²) in [5, 5.41) is 8.55. The lowest BCUT2D eigenvalue weighted by Gasteiger charge is -2.09. The molecule has 2 heterocycles. The summed E-state index contributed by atoms with van der Waals surface area (Å²) >= 11 is 0. The summed E-state index contributed by atoms with van der Waals surface area (Å²) in [5.41, 5.74) is 0.641. The summed E-state index contributed by atoms with van der Waals surface area (Å²) in [4.78, 5) is 26.8. The van der Waals surface area contributed by atoms with Gasteiger partial charge in [-0.05, 0) is 25.5 Å². The van der Waals surface area contributed by atoms with E-state index in [2.05, 4.69) is 20.5 Å². The zero-order valence-corrected chi connectivity index (χ0v) is 11.8. The summed E-state index contributed by atoms with van der Waals surface area (Å²) < 4.78 is 5.43. The van der Waals surface area contributed by atoms with Crippen LogP contribution in [0.15, 0.2) is 35.3 Å². The first-order valence-electron chi connectivity index (χ1n) is 6.50. The molecule has 110 valence electrons. The van der Waals surface area contributed by atoms with E-state index in [-0.39, 0.29) is 23.3 Å². The fourth-order valence-electron chi connectivity index (χ4n) is 1.57. The second-order valence-corrected chi connectivity index (χ2v) is 4.66. The smallest absolute Gasteiger partial charge is 0.271 e. The second kappa shape index (κ2) is 6.65. The van der Waals surface area contributed by atoms with E-state index in [4.69, 9.17) is 4.74 Å². The van der Waals surface area contributed by atoms with Gasteiger partial charge < -0.3 is 10.1 Å². The molecular formula is C14H16N4O3. The van der Waals surface area contributed by atoms with Gasteiger partial charge in [-0.25, -0.2) is 10.1 Å². The number of rotatable bonds is 5. The number of carbonyl (C=O) groups excluding carboxylic acids is 1. The van der Waals surface area contributed by atoms with E-state index in [1.165, 1.54) is 12.1 Å². The molecule has 0 bridgehead atoms. The standard InChI is InChI=1S/C14H16N4O3/c1-9(2)21-13-6-3-10(7-15-13)8-16-14(20)11-4-5-12(19)18-17-11/h3-7,9H,8H2,1-2H3,(H,16,20)(H,18,19). The lowest BCUT2D eigenvalue weighted by Crippen LogP contribution is -2.25. The Bertz CT molecular complexity index is 644. The van der Waals surface area contributed by atoms with Gasteiger partial charge in [-0.1, -0.05) is 6.07 Å². The molecule has 7 nitrogen and oxygen atoms in total. The number of hydrogen-bond donors (Lipinski definition) is 2. The van der Waals surface area contributed by atoms with Gasteiger partial charge in [0.1, 0.15) is 5.69 Å². The van der Waals surface area contributed by atoms with Gasteiger partial charge in [0.05, 0.1) is 6.10 Å². The van der Waals surface area contributed by atoms with Crippen molar-refractivity contribution >= 4 is 5.91 Å². The molecule has 21 heavy (non-hydrogen) atoms. The third kappa shape index (κ3) is 4.41. The van der Waals surface area contributed by atoms with Crippen molar-refractivity contribution < 1.29 is 9.53 Å². The maximum Gasteiger partial charge on any atom is 0.271 e. The molecule has 0 atom stereocenters. The summed E-state index contributed by atoms with van der Waals surface area (Å²) in [6, 6.07) is 6.19. The first kappa shape index (κ1) is 14.7. The predicted molar refractivity (Wildman–Crippen MR) is 76.0 cm³/mol. The SMILES string of the molecule is CC(C)Oc1ccc(CNC(=O)c2ccc(=O)[nH]n2)cn1. The van der Waals surface area contributed by atoms with Gasteiger partial charge in [-0.3, -0.25) is 9.59 Å². The molecule has 2 aromatic heterocycles. The van der Waals surface area contributed by atoms with Crippen LogP contribution in [0.1, 0.15) is 29.9 Å². The van der Waals surface area contributed by atoms with E-state index in [1.807, 2.05) is 19.9 Å². The second-order valence-electron chi connectivity index (χ2n) is 4.66. The Hall–Kier alpha value is -2.70. The van der Waals surface area contributed by atoms with Gasteiger partial charge in [0.25, 0.3) is 11.5 Å². The monoisotopic (exact) mass is 288 g/mol. The maximum atomic E-state index is 11.8. The summed E-state index contributed by atoms with van der Waals surface area (Å²) in [7, 11) is 0. The van der Waals surface area contributed by atoms with E-state index < -0.39 is 0 Å². The van der Waals surface area contributed by atoms with Crippen LogP contribution in [0.25, 0.3) is 0 Å². The van der Waals surface area contributed by atoms with Crippen molar-refractivity contribution in [2.45, 2.75) is 26.5 Å². The first-order valence-corrected chi connectivity index (χ1v) is 6.50. The zero-order chi connectivity index (χ0) is 15.2. The fourth-order valence-corrected chi connectivity index (χ4v) is 1.57. The third-order valence-electron chi connectivity index (χ3n) is 2.52. The highest BCUT2D eigenvalue weighted by molar-refractivity contribution is 5.91. The molecule has 2 rings (SSSR count). The molecule has 0 spiro atoms. The van der Waals surface area contributed by atoms with E-state index in [9.17, 15) is 9.59 Å². The Labute approximate surface area is 121 Å². The Balaban J connectivity index is 1.92. The average molecular weight is 288 g/mol. The van der Waals surface area contributed by atoms with Gasteiger partial charge in [-0.15, -0.1) is 0 Å². The number of amides is 1. The van der Waals surface area contributed by atoms with E-state index in [1.54, 1.807) is 12.3 Å². The van der Waals surface area contributed by atoms with E-state index in [0.29, 0.717) is 12.4 Å². The van der Waals surface area contributed by atoms with Crippen LogP contribution in [-0.2, 0) is 6.54 Å². The Morgan fingerprint density at radius 3 is 2.71 bits per heavy atom.